The number of hydrogen-bond acceptors (Lipinski definition) is 6. The van der Waals surface area contributed by atoms with E-state index in [0.29, 0.717) is 33.7 Å². The Kier molecular flexibility index (Phi) is 8.66. The minimum Gasteiger partial charge on any atom is -0.492 e. The Morgan fingerprint density at radius 2 is 1.04 bits per heavy atom. The molecule has 10 rings (SSSR count). The summed E-state index contributed by atoms with van der Waals surface area (Å²) in [6.45, 7) is 6.23. The molecule has 268 valence electrons. The van der Waals surface area contributed by atoms with E-state index in [0.717, 1.165) is 58.7 Å². The smallest absolute Gasteiger partial charge is 0.177 e. The highest BCUT2D eigenvalue weighted by molar-refractivity contribution is 6.31. The van der Waals surface area contributed by atoms with Crippen molar-refractivity contribution in [3.63, 3.8) is 0 Å². The maximum absolute atomic E-state index is 6.04. The molecule has 2 atom stereocenters. The first-order chi connectivity index (χ1) is 25.3. The van der Waals surface area contributed by atoms with E-state index >= 15 is 0 Å². The lowest BCUT2D eigenvalue weighted by atomic mass is 9.65. The van der Waals surface area contributed by atoms with Gasteiger partial charge in [-0.1, -0.05) is 73.4 Å². The van der Waals surface area contributed by atoms with Gasteiger partial charge in [0.2, 0.25) is 0 Å². The van der Waals surface area contributed by atoms with Crippen LogP contribution in [0.2, 0.25) is 10.0 Å². The summed E-state index contributed by atoms with van der Waals surface area (Å²) in [6.07, 6.45) is 12.8. The van der Waals surface area contributed by atoms with Gasteiger partial charge in [-0.25, -0.2) is 19.9 Å². The van der Waals surface area contributed by atoms with E-state index in [2.05, 4.69) is 82.3 Å². The Bertz CT molecular complexity index is 2080. The van der Waals surface area contributed by atoms with Crippen molar-refractivity contribution in [1.82, 2.24) is 29.9 Å². The van der Waals surface area contributed by atoms with Crippen LogP contribution in [0.5, 0.6) is 11.5 Å². The average molecular weight is 736 g/mol. The number of rotatable bonds is 4. The lowest BCUT2D eigenvalue weighted by Gasteiger charge is -2.38. The molecule has 2 spiro atoms. The normalized spacial score (nSPS) is 26.0. The number of hydrogen-bond donors (Lipinski definition) is 2. The highest BCUT2D eigenvalue weighted by Crippen LogP contribution is 2.52. The van der Waals surface area contributed by atoms with E-state index in [-0.39, 0.29) is 10.8 Å². The number of nitrogens with one attached hydrogen (secondary N) is 2. The van der Waals surface area contributed by atoms with E-state index in [9.17, 15) is 0 Å². The van der Waals surface area contributed by atoms with Crippen molar-refractivity contribution in [2.24, 2.45) is 11.8 Å². The number of nitrogens with zero attached hydrogens (tertiary/aromatic N) is 4. The van der Waals surface area contributed by atoms with E-state index < -0.39 is 0 Å². The third kappa shape index (κ3) is 6.02. The molecule has 4 aliphatic rings. The van der Waals surface area contributed by atoms with E-state index in [4.69, 9.17) is 42.6 Å². The Morgan fingerprint density at radius 3 is 1.46 bits per heavy atom. The third-order valence-corrected chi connectivity index (χ3v) is 13.2. The number of aromatic nitrogens is 6. The monoisotopic (exact) mass is 734 g/mol. The summed E-state index contributed by atoms with van der Waals surface area (Å²) >= 11 is 12.1. The molecule has 8 nitrogen and oxygen atoms in total. The average Bonchev–Trinajstić information content (AvgIpc) is 3.96. The second kappa shape index (κ2) is 13.4. The van der Waals surface area contributed by atoms with Gasteiger partial charge in [-0.15, -0.1) is 0 Å². The summed E-state index contributed by atoms with van der Waals surface area (Å²) in [5.74, 6) is 6.25. The number of imidazole rings is 2. The molecular weight excluding hydrogens is 691 g/mol. The van der Waals surface area contributed by atoms with Crippen LogP contribution < -0.4 is 9.47 Å². The van der Waals surface area contributed by atoms with Gasteiger partial charge in [0.1, 0.15) is 23.1 Å². The highest BCUT2D eigenvalue weighted by atomic mass is 35.5. The molecule has 6 aromatic rings. The van der Waals surface area contributed by atoms with Crippen molar-refractivity contribution in [2.75, 3.05) is 13.2 Å². The van der Waals surface area contributed by atoms with Crippen molar-refractivity contribution in [3.8, 4) is 11.5 Å². The molecule has 2 saturated carbocycles. The highest BCUT2D eigenvalue weighted by Gasteiger charge is 2.45. The molecule has 2 fully saturated rings. The lowest BCUT2D eigenvalue weighted by molar-refractivity contribution is 0.169. The number of halogens is 2. The van der Waals surface area contributed by atoms with E-state index in [1.165, 1.54) is 62.5 Å². The zero-order valence-corrected chi connectivity index (χ0v) is 31.2. The predicted molar refractivity (Wildman–Crippen MR) is 206 cm³/mol. The molecule has 6 heterocycles. The number of aromatic amines is 2. The van der Waals surface area contributed by atoms with Gasteiger partial charge >= 0.3 is 0 Å². The van der Waals surface area contributed by atoms with Crippen LogP contribution in [0.15, 0.2) is 73.1 Å². The summed E-state index contributed by atoms with van der Waals surface area (Å²) in [6, 6.07) is 20.9. The number of ether oxygens (including phenoxy) is 2. The molecule has 2 aliphatic carbocycles. The number of para-hydroxylation sites is 2. The quantitative estimate of drug-likeness (QED) is 0.187. The summed E-state index contributed by atoms with van der Waals surface area (Å²) in [7, 11) is 0. The molecule has 52 heavy (non-hydrogen) atoms. The van der Waals surface area contributed by atoms with Crippen molar-refractivity contribution in [3.05, 3.63) is 106 Å². The first kappa shape index (κ1) is 33.7. The van der Waals surface area contributed by atoms with Crippen LogP contribution >= 0.6 is 23.2 Å². The van der Waals surface area contributed by atoms with Crippen LogP contribution in [0.4, 0.5) is 0 Å². The molecule has 2 aliphatic heterocycles. The van der Waals surface area contributed by atoms with Crippen molar-refractivity contribution < 1.29 is 9.47 Å². The molecule has 0 unspecified atom stereocenters. The van der Waals surface area contributed by atoms with Crippen LogP contribution in [0.1, 0.15) is 99.8 Å². The van der Waals surface area contributed by atoms with Crippen molar-refractivity contribution in [2.45, 2.75) is 87.9 Å². The summed E-state index contributed by atoms with van der Waals surface area (Å²) in [5.41, 5.74) is 6.60. The van der Waals surface area contributed by atoms with Crippen molar-refractivity contribution in [1.29, 1.82) is 0 Å². The van der Waals surface area contributed by atoms with Gasteiger partial charge in [0.15, 0.2) is 11.3 Å². The fourth-order valence-corrected chi connectivity index (χ4v) is 9.84. The second-order valence-corrected chi connectivity index (χ2v) is 16.5. The lowest BCUT2D eigenvalue weighted by Crippen LogP contribution is -2.34. The fourth-order valence-electron chi connectivity index (χ4n) is 9.53. The van der Waals surface area contributed by atoms with Gasteiger partial charge in [-0.05, 0) is 87.5 Å². The zero-order valence-electron chi connectivity index (χ0n) is 29.7. The minimum absolute atomic E-state index is 0.218. The Hall–Kier alpha value is -4.14. The molecule has 0 saturated heterocycles. The SMILES string of the molecule is C[C@@H](c1nc2ncc(Cl)cc2[nH]1)C1CCC2(CC1)COc1ccccc12.C[C@H](c1nc2ncc(Cl)cc2[nH]1)C1CCC2(CC1)COc1ccccc12. The van der Waals surface area contributed by atoms with Gasteiger partial charge in [0, 0.05) is 46.2 Å². The number of benzene rings is 2. The van der Waals surface area contributed by atoms with Gasteiger partial charge in [0.05, 0.1) is 34.3 Å². The summed E-state index contributed by atoms with van der Waals surface area (Å²) < 4.78 is 12.0. The van der Waals surface area contributed by atoms with Gasteiger partial charge in [-0.2, -0.15) is 0 Å². The standard InChI is InChI=1S/2C21H22ClN3O/c2*1-13(19-24-17-10-15(22)11-23-20(17)25-19)14-6-8-21(9-7-14)12-26-18-5-3-2-4-16(18)21/h2*2-5,10-11,13-14H,6-9,12H2,1H3,(H,23,24,25)/t2*13-,14?,21?/m10/s1. The van der Waals surface area contributed by atoms with Gasteiger partial charge in [-0.3, -0.25) is 0 Å². The molecular formula is C42H44Cl2N6O2. The first-order valence-corrected chi connectivity index (χ1v) is 19.5. The van der Waals surface area contributed by atoms with Crippen LogP contribution in [0.25, 0.3) is 22.3 Å². The number of fused-ring (bicyclic) bond motifs is 6. The molecule has 2 aromatic carbocycles. The molecule has 0 radical (unpaired) electrons. The first-order valence-electron chi connectivity index (χ1n) is 18.8. The summed E-state index contributed by atoms with van der Waals surface area (Å²) in [4.78, 5) is 24.9. The van der Waals surface area contributed by atoms with Gasteiger partial charge < -0.3 is 19.4 Å². The van der Waals surface area contributed by atoms with Crippen molar-refractivity contribution >= 4 is 45.5 Å². The molecule has 4 aromatic heterocycles. The zero-order chi connectivity index (χ0) is 35.5. The topological polar surface area (TPSA) is 102 Å². The third-order valence-electron chi connectivity index (χ3n) is 12.8. The van der Waals surface area contributed by atoms with E-state index in [1.807, 2.05) is 12.1 Å². The van der Waals surface area contributed by atoms with Gasteiger partial charge in [0.25, 0.3) is 0 Å². The molecule has 0 amide bonds. The molecule has 0 bridgehead atoms. The number of H-pyrrole nitrogens is 2. The molecule has 2 N–H and O–H groups in total. The van der Waals surface area contributed by atoms with Crippen LogP contribution in [-0.2, 0) is 10.8 Å². The second-order valence-electron chi connectivity index (χ2n) is 15.7. The maximum atomic E-state index is 6.04. The van der Waals surface area contributed by atoms with Crippen LogP contribution in [0, 0.1) is 11.8 Å². The van der Waals surface area contributed by atoms with Crippen LogP contribution in [0.3, 0.4) is 0 Å². The maximum Gasteiger partial charge on any atom is 0.177 e. The van der Waals surface area contributed by atoms with Crippen LogP contribution in [-0.4, -0.2) is 43.1 Å². The Balaban J connectivity index is 0.000000138. The largest absolute Gasteiger partial charge is 0.492 e. The summed E-state index contributed by atoms with van der Waals surface area (Å²) in [5, 5.41) is 1.28. The predicted octanol–water partition coefficient (Wildman–Crippen LogP) is 10.5. The van der Waals surface area contributed by atoms with E-state index in [1.54, 1.807) is 12.4 Å². The number of pyridine rings is 2. The molecule has 10 heteroatoms. The fraction of sp³-hybridized carbons (Fsp3) is 0.429. The minimum atomic E-state index is 0.218. The Labute approximate surface area is 314 Å². The Morgan fingerprint density at radius 1 is 0.635 bits per heavy atom.